The van der Waals surface area contributed by atoms with E-state index in [4.69, 9.17) is 4.74 Å². The molecule has 1 heterocycles. The van der Waals surface area contributed by atoms with Gasteiger partial charge >= 0.3 is 0 Å². The van der Waals surface area contributed by atoms with Crippen molar-refractivity contribution in [2.24, 2.45) is 5.92 Å². The Morgan fingerprint density at radius 3 is 2.73 bits per heavy atom. The molecule has 0 aliphatic carbocycles. The minimum absolute atomic E-state index is 0.143. The average Bonchev–Trinajstić information content (AvgIpc) is 2.17. The highest BCUT2D eigenvalue weighted by Crippen LogP contribution is 2.11. The maximum atomic E-state index is 12.8. The Kier molecular flexibility index (Phi) is 4.49. The zero-order chi connectivity index (χ0) is 11.3. The molecule has 0 aromatic carbocycles. The third-order valence-corrected chi connectivity index (χ3v) is 2.20. The van der Waals surface area contributed by atoms with Crippen molar-refractivity contribution in [2.45, 2.75) is 19.9 Å². The summed E-state index contributed by atoms with van der Waals surface area (Å²) in [6, 6.07) is 4.85. The van der Waals surface area contributed by atoms with Gasteiger partial charge in [0.2, 0.25) is 5.95 Å². The van der Waals surface area contributed by atoms with Crippen LogP contribution in [0, 0.1) is 11.9 Å². The number of methoxy groups -OCH3 is 1. The minimum Gasteiger partial charge on any atom is -0.383 e. The molecule has 1 rings (SSSR count). The third-order valence-electron chi connectivity index (χ3n) is 2.20. The van der Waals surface area contributed by atoms with Gasteiger partial charge in [0.05, 0.1) is 12.6 Å². The summed E-state index contributed by atoms with van der Waals surface area (Å²) >= 11 is 0. The lowest BCUT2D eigenvalue weighted by atomic mass is 10.1. The van der Waals surface area contributed by atoms with E-state index >= 15 is 0 Å². The number of hydrogen-bond acceptors (Lipinski definition) is 3. The summed E-state index contributed by atoms with van der Waals surface area (Å²) in [5.74, 6) is 0.473. The number of aromatic nitrogens is 1. The van der Waals surface area contributed by atoms with Crippen LogP contribution in [-0.4, -0.2) is 24.7 Å². The van der Waals surface area contributed by atoms with Crippen LogP contribution in [0.4, 0.5) is 10.2 Å². The number of halogens is 1. The quantitative estimate of drug-likeness (QED) is 0.760. The van der Waals surface area contributed by atoms with Crippen molar-refractivity contribution in [3.8, 4) is 0 Å². The van der Waals surface area contributed by atoms with Gasteiger partial charge in [-0.2, -0.15) is 4.39 Å². The van der Waals surface area contributed by atoms with Gasteiger partial charge in [0.15, 0.2) is 0 Å². The van der Waals surface area contributed by atoms with Crippen LogP contribution in [0.25, 0.3) is 0 Å². The molecule has 0 amide bonds. The molecule has 0 saturated heterocycles. The number of rotatable bonds is 5. The largest absolute Gasteiger partial charge is 0.383 e. The molecule has 0 spiro atoms. The Morgan fingerprint density at radius 2 is 2.20 bits per heavy atom. The summed E-state index contributed by atoms with van der Waals surface area (Å²) in [5, 5.41) is 3.14. The number of hydrogen-bond donors (Lipinski definition) is 1. The molecule has 4 heteroatoms. The topological polar surface area (TPSA) is 34.1 Å². The number of pyridine rings is 1. The van der Waals surface area contributed by atoms with Gasteiger partial charge in [-0.25, -0.2) is 4.98 Å². The molecule has 0 aliphatic rings. The Labute approximate surface area is 89.7 Å². The smallest absolute Gasteiger partial charge is 0.214 e. The van der Waals surface area contributed by atoms with Crippen LogP contribution in [0.3, 0.4) is 0 Å². The molecule has 1 atom stereocenters. The fourth-order valence-electron chi connectivity index (χ4n) is 1.26. The van der Waals surface area contributed by atoms with Crippen molar-refractivity contribution in [2.75, 3.05) is 19.0 Å². The molecular weight excluding hydrogens is 195 g/mol. The van der Waals surface area contributed by atoms with Crippen molar-refractivity contribution < 1.29 is 9.13 Å². The van der Waals surface area contributed by atoms with Gasteiger partial charge in [-0.3, -0.25) is 0 Å². The van der Waals surface area contributed by atoms with E-state index in [0.717, 1.165) is 0 Å². The summed E-state index contributed by atoms with van der Waals surface area (Å²) in [4.78, 5) is 3.74. The van der Waals surface area contributed by atoms with Gasteiger partial charge < -0.3 is 10.1 Å². The highest BCUT2D eigenvalue weighted by molar-refractivity contribution is 5.35. The predicted octanol–water partition coefficient (Wildman–Crippen LogP) is 2.30. The first-order chi connectivity index (χ1) is 7.13. The first-order valence-corrected chi connectivity index (χ1v) is 5.01. The van der Waals surface area contributed by atoms with Crippen molar-refractivity contribution in [3.63, 3.8) is 0 Å². The maximum Gasteiger partial charge on any atom is 0.214 e. The molecule has 3 nitrogen and oxygen atoms in total. The minimum atomic E-state index is -0.472. The molecule has 1 aromatic heterocycles. The third kappa shape index (κ3) is 3.83. The second-order valence-corrected chi connectivity index (χ2v) is 3.80. The van der Waals surface area contributed by atoms with Gasteiger partial charge in [0.25, 0.3) is 0 Å². The number of nitrogens with zero attached hydrogens (tertiary/aromatic N) is 1. The van der Waals surface area contributed by atoms with E-state index in [1.807, 2.05) is 0 Å². The second kappa shape index (κ2) is 5.66. The van der Waals surface area contributed by atoms with Crippen molar-refractivity contribution in [3.05, 3.63) is 24.1 Å². The van der Waals surface area contributed by atoms with E-state index in [1.54, 1.807) is 19.2 Å². The van der Waals surface area contributed by atoms with E-state index in [2.05, 4.69) is 24.1 Å². The zero-order valence-electron chi connectivity index (χ0n) is 9.33. The molecule has 0 radical (unpaired) electrons. The molecule has 15 heavy (non-hydrogen) atoms. The average molecular weight is 212 g/mol. The van der Waals surface area contributed by atoms with Gasteiger partial charge in [-0.1, -0.05) is 19.9 Å². The Morgan fingerprint density at radius 1 is 1.47 bits per heavy atom. The van der Waals surface area contributed by atoms with Gasteiger partial charge in [0.1, 0.15) is 5.82 Å². The Balaban J connectivity index is 2.65. The summed E-state index contributed by atoms with van der Waals surface area (Å²) < 4.78 is 17.9. The lowest BCUT2D eigenvalue weighted by molar-refractivity contribution is 0.171. The molecule has 0 saturated carbocycles. The zero-order valence-corrected chi connectivity index (χ0v) is 9.33. The molecule has 1 unspecified atom stereocenters. The normalized spacial score (nSPS) is 12.9. The van der Waals surface area contributed by atoms with Gasteiger partial charge in [-0.05, 0) is 18.1 Å². The molecule has 0 aliphatic heterocycles. The summed E-state index contributed by atoms with van der Waals surface area (Å²) in [5.41, 5.74) is 0. The molecule has 0 bridgehead atoms. The lowest BCUT2D eigenvalue weighted by Gasteiger charge is -2.21. The molecule has 0 fully saturated rings. The molecule has 1 aromatic rings. The molecular formula is C11H17FN2O. The van der Waals surface area contributed by atoms with Gasteiger partial charge in [0, 0.05) is 7.11 Å². The van der Waals surface area contributed by atoms with Crippen molar-refractivity contribution >= 4 is 5.82 Å². The maximum absolute atomic E-state index is 12.8. The fraction of sp³-hybridized carbons (Fsp3) is 0.545. The molecule has 84 valence electrons. The van der Waals surface area contributed by atoms with Crippen LogP contribution in [0.2, 0.25) is 0 Å². The van der Waals surface area contributed by atoms with E-state index in [1.165, 1.54) is 6.07 Å². The standard InChI is InChI=1S/C11H17FN2O/c1-8(2)9(7-15-3)13-11-6-4-5-10(12)14-11/h4-6,8-9H,7H2,1-3H3,(H,13,14). The van der Waals surface area contributed by atoms with E-state index < -0.39 is 5.95 Å². The Hall–Kier alpha value is -1.16. The van der Waals surface area contributed by atoms with Crippen LogP contribution in [0.1, 0.15) is 13.8 Å². The highest BCUT2D eigenvalue weighted by Gasteiger charge is 2.13. The first-order valence-electron chi connectivity index (χ1n) is 5.01. The van der Waals surface area contributed by atoms with E-state index in [0.29, 0.717) is 18.3 Å². The van der Waals surface area contributed by atoms with Gasteiger partial charge in [-0.15, -0.1) is 0 Å². The van der Waals surface area contributed by atoms with Crippen LogP contribution in [0.15, 0.2) is 18.2 Å². The molecule has 1 N–H and O–H groups in total. The summed E-state index contributed by atoms with van der Waals surface area (Å²) in [6.07, 6.45) is 0. The first kappa shape index (κ1) is 11.9. The van der Waals surface area contributed by atoms with Crippen LogP contribution in [-0.2, 0) is 4.74 Å². The monoisotopic (exact) mass is 212 g/mol. The number of nitrogens with one attached hydrogen (secondary N) is 1. The summed E-state index contributed by atoms with van der Waals surface area (Å²) in [6.45, 7) is 4.74. The highest BCUT2D eigenvalue weighted by atomic mass is 19.1. The second-order valence-electron chi connectivity index (χ2n) is 3.80. The van der Waals surface area contributed by atoms with Crippen molar-refractivity contribution in [1.82, 2.24) is 4.98 Å². The Bertz CT molecular complexity index is 304. The van der Waals surface area contributed by atoms with Crippen LogP contribution in [0.5, 0.6) is 0 Å². The van der Waals surface area contributed by atoms with E-state index in [-0.39, 0.29) is 6.04 Å². The van der Waals surface area contributed by atoms with E-state index in [9.17, 15) is 4.39 Å². The van der Waals surface area contributed by atoms with Crippen LogP contribution < -0.4 is 5.32 Å². The van der Waals surface area contributed by atoms with Crippen molar-refractivity contribution in [1.29, 1.82) is 0 Å². The van der Waals surface area contributed by atoms with Crippen LogP contribution >= 0.6 is 0 Å². The summed E-state index contributed by atoms with van der Waals surface area (Å²) in [7, 11) is 1.65. The number of ether oxygens (including phenoxy) is 1. The number of anilines is 1. The predicted molar refractivity (Wildman–Crippen MR) is 58.3 cm³/mol. The fourth-order valence-corrected chi connectivity index (χ4v) is 1.26. The SMILES string of the molecule is COCC(Nc1cccc(F)n1)C(C)C. The lowest BCUT2D eigenvalue weighted by Crippen LogP contribution is -2.30.